The van der Waals surface area contributed by atoms with Crippen molar-refractivity contribution in [3.63, 3.8) is 0 Å². The number of ether oxygens (including phenoxy) is 1. The maximum atomic E-state index is 12.2. The van der Waals surface area contributed by atoms with Crippen molar-refractivity contribution in [3.8, 4) is 11.4 Å². The summed E-state index contributed by atoms with van der Waals surface area (Å²) in [4.78, 5) is 12.2. The molecule has 3 aromatic rings. The van der Waals surface area contributed by atoms with E-state index in [4.69, 9.17) is 4.74 Å². The fourth-order valence-corrected chi connectivity index (χ4v) is 2.70. The number of nitrogens with zero attached hydrogens (tertiary/aromatic N) is 3. The molecule has 0 aliphatic rings. The molecule has 1 N–H and O–H groups in total. The largest absolute Gasteiger partial charge is 0.482 e. The number of carbonyl (C=O) groups excluding carboxylic acids is 1. The van der Waals surface area contributed by atoms with Gasteiger partial charge in [-0.05, 0) is 49.1 Å². The highest BCUT2D eigenvalue weighted by molar-refractivity contribution is 5.91. The van der Waals surface area contributed by atoms with Crippen LogP contribution in [0.1, 0.15) is 37.3 Å². The summed E-state index contributed by atoms with van der Waals surface area (Å²) in [5.41, 5.74) is 3.92. The lowest BCUT2D eigenvalue weighted by Crippen LogP contribution is -2.20. The zero-order valence-corrected chi connectivity index (χ0v) is 15.8. The van der Waals surface area contributed by atoms with Crippen molar-refractivity contribution in [1.29, 1.82) is 0 Å². The third-order valence-electron chi connectivity index (χ3n) is 4.56. The standard InChI is InChI=1S/C21H24N4O2/c1-4-16(3)17-7-10-20(19(11-17)25-13-22-23-14-25)27-12-21(26)24-18-8-5-15(2)6-9-18/h5-11,13-14,16H,4,12H2,1-3H3,(H,24,26)/t16-/m1/s1. The molecule has 0 fully saturated rings. The molecule has 0 aliphatic heterocycles. The number of hydrogen-bond acceptors (Lipinski definition) is 4. The number of nitrogens with one attached hydrogen (secondary N) is 1. The Morgan fingerprint density at radius 2 is 1.85 bits per heavy atom. The van der Waals surface area contributed by atoms with Gasteiger partial charge in [0.2, 0.25) is 0 Å². The maximum absolute atomic E-state index is 12.2. The number of carbonyl (C=O) groups is 1. The molecule has 0 saturated heterocycles. The second-order valence-electron chi connectivity index (χ2n) is 6.61. The van der Waals surface area contributed by atoms with Gasteiger partial charge in [0.15, 0.2) is 6.61 Å². The second-order valence-corrected chi connectivity index (χ2v) is 6.61. The molecular weight excluding hydrogens is 340 g/mol. The summed E-state index contributed by atoms with van der Waals surface area (Å²) in [6.07, 6.45) is 4.28. The number of aromatic nitrogens is 3. The van der Waals surface area contributed by atoms with Gasteiger partial charge in [-0.2, -0.15) is 0 Å². The predicted octanol–water partition coefficient (Wildman–Crippen LogP) is 4.11. The number of anilines is 1. The number of hydrogen-bond donors (Lipinski definition) is 1. The van der Waals surface area contributed by atoms with E-state index in [9.17, 15) is 4.79 Å². The quantitative estimate of drug-likeness (QED) is 0.685. The van der Waals surface area contributed by atoms with E-state index in [0.717, 1.165) is 23.4 Å². The Morgan fingerprint density at radius 3 is 2.52 bits per heavy atom. The number of benzene rings is 2. The average molecular weight is 364 g/mol. The van der Waals surface area contributed by atoms with Crippen LogP contribution in [0, 0.1) is 6.92 Å². The number of amides is 1. The normalized spacial score (nSPS) is 11.8. The summed E-state index contributed by atoms with van der Waals surface area (Å²) < 4.78 is 7.59. The van der Waals surface area contributed by atoms with Crippen molar-refractivity contribution in [2.24, 2.45) is 0 Å². The van der Waals surface area contributed by atoms with Gasteiger partial charge in [0.1, 0.15) is 18.4 Å². The molecule has 0 unspecified atom stereocenters. The van der Waals surface area contributed by atoms with Crippen molar-refractivity contribution in [1.82, 2.24) is 14.8 Å². The summed E-state index contributed by atoms with van der Waals surface area (Å²) >= 11 is 0. The minimum Gasteiger partial charge on any atom is -0.482 e. The first kappa shape index (κ1) is 18.6. The van der Waals surface area contributed by atoms with Crippen LogP contribution in [0.5, 0.6) is 5.75 Å². The Bertz CT molecular complexity index is 889. The molecule has 6 nitrogen and oxygen atoms in total. The number of aryl methyl sites for hydroxylation is 1. The average Bonchev–Trinajstić information content (AvgIpc) is 3.22. The van der Waals surface area contributed by atoms with E-state index in [2.05, 4.69) is 35.4 Å². The van der Waals surface area contributed by atoms with Gasteiger partial charge < -0.3 is 10.1 Å². The summed E-state index contributed by atoms with van der Waals surface area (Å²) in [5.74, 6) is 0.833. The minimum atomic E-state index is -0.209. The molecule has 0 bridgehead atoms. The molecular formula is C21H24N4O2. The van der Waals surface area contributed by atoms with Crippen LogP contribution in [0.4, 0.5) is 5.69 Å². The monoisotopic (exact) mass is 364 g/mol. The van der Waals surface area contributed by atoms with Crippen LogP contribution in [0.15, 0.2) is 55.1 Å². The fourth-order valence-electron chi connectivity index (χ4n) is 2.70. The van der Waals surface area contributed by atoms with Crippen molar-refractivity contribution in [2.45, 2.75) is 33.1 Å². The molecule has 1 amide bonds. The summed E-state index contributed by atoms with van der Waals surface area (Å²) in [6, 6.07) is 13.6. The van der Waals surface area contributed by atoms with Crippen LogP contribution in [0.2, 0.25) is 0 Å². The lowest BCUT2D eigenvalue weighted by Gasteiger charge is -2.16. The summed E-state index contributed by atoms with van der Waals surface area (Å²) in [7, 11) is 0. The molecule has 0 spiro atoms. The first-order chi connectivity index (χ1) is 13.1. The van der Waals surface area contributed by atoms with Gasteiger partial charge in [-0.3, -0.25) is 9.36 Å². The van der Waals surface area contributed by atoms with Gasteiger partial charge >= 0.3 is 0 Å². The third-order valence-corrected chi connectivity index (χ3v) is 4.56. The van der Waals surface area contributed by atoms with Gasteiger partial charge in [0, 0.05) is 5.69 Å². The summed E-state index contributed by atoms with van der Waals surface area (Å²) in [5, 5.41) is 10.6. The van der Waals surface area contributed by atoms with Gasteiger partial charge in [0.05, 0.1) is 5.69 Å². The van der Waals surface area contributed by atoms with Gasteiger partial charge in [0.25, 0.3) is 5.91 Å². The SMILES string of the molecule is CC[C@@H](C)c1ccc(OCC(=O)Nc2ccc(C)cc2)c(-n2cnnc2)c1. The van der Waals surface area contributed by atoms with E-state index < -0.39 is 0 Å². The molecule has 0 radical (unpaired) electrons. The molecule has 2 aromatic carbocycles. The first-order valence-corrected chi connectivity index (χ1v) is 9.05. The van der Waals surface area contributed by atoms with Gasteiger partial charge in [-0.15, -0.1) is 10.2 Å². The van der Waals surface area contributed by atoms with Gasteiger partial charge in [-0.25, -0.2) is 0 Å². The van der Waals surface area contributed by atoms with E-state index in [0.29, 0.717) is 11.7 Å². The zero-order chi connectivity index (χ0) is 19.2. The van der Waals surface area contributed by atoms with E-state index in [1.165, 1.54) is 5.56 Å². The Balaban J connectivity index is 1.73. The molecule has 1 heterocycles. The Hall–Kier alpha value is -3.15. The topological polar surface area (TPSA) is 69.0 Å². The van der Waals surface area contributed by atoms with E-state index in [-0.39, 0.29) is 12.5 Å². The molecule has 27 heavy (non-hydrogen) atoms. The molecule has 6 heteroatoms. The van der Waals surface area contributed by atoms with Crippen molar-refractivity contribution in [3.05, 3.63) is 66.2 Å². The van der Waals surface area contributed by atoms with Crippen LogP contribution in [0.3, 0.4) is 0 Å². The predicted molar refractivity (Wildman–Crippen MR) is 105 cm³/mol. The molecule has 0 aliphatic carbocycles. The first-order valence-electron chi connectivity index (χ1n) is 9.05. The molecule has 140 valence electrons. The highest BCUT2D eigenvalue weighted by atomic mass is 16.5. The fraction of sp³-hybridized carbons (Fsp3) is 0.286. The number of rotatable bonds is 7. The van der Waals surface area contributed by atoms with Crippen LogP contribution < -0.4 is 10.1 Å². The zero-order valence-electron chi connectivity index (χ0n) is 15.8. The van der Waals surface area contributed by atoms with Crippen molar-refractivity contribution >= 4 is 11.6 Å². The van der Waals surface area contributed by atoms with E-state index >= 15 is 0 Å². The van der Waals surface area contributed by atoms with E-state index in [1.54, 1.807) is 17.2 Å². The third kappa shape index (κ3) is 4.73. The summed E-state index contributed by atoms with van der Waals surface area (Å²) in [6.45, 7) is 6.26. The Kier molecular flexibility index (Phi) is 5.86. The van der Waals surface area contributed by atoms with E-state index in [1.807, 2.05) is 43.3 Å². The van der Waals surface area contributed by atoms with Crippen LogP contribution in [0.25, 0.3) is 5.69 Å². The Labute approximate surface area is 159 Å². The molecule has 0 saturated carbocycles. The molecule has 3 rings (SSSR count). The second kappa shape index (κ2) is 8.49. The highest BCUT2D eigenvalue weighted by Crippen LogP contribution is 2.28. The Morgan fingerprint density at radius 1 is 1.15 bits per heavy atom. The van der Waals surface area contributed by atoms with Crippen LogP contribution in [-0.4, -0.2) is 27.3 Å². The maximum Gasteiger partial charge on any atom is 0.262 e. The molecule has 1 aromatic heterocycles. The van der Waals surface area contributed by atoms with Crippen LogP contribution in [-0.2, 0) is 4.79 Å². The van der Waals surface area contributed by atoms with Crippen molar-refractivity contribution in [2.75, 3.05) is 11.9 Å². The van der Waals surface area contributed by atoms with Crippen LogP contribution >= 0.6 is 0 Å². The smallest absolute Gasteiger partial charge is 0.262 e. The van der Waals surface area contributed by atoms with Gasteiger partial charge in [-0.1, -0.05) is 37.6 Å². The lowest BCUT2D eigenvalue weighted by molar-refractivity contribution is -0.118. The minimum absolute atomic E-state index is 0.0777. The highest BCUT2D eigenvalue weighted by Gasteiger charge is 2.12. The molecule has 1 atom stereocenters. The lowest BCUT2D eigenvalue weighted by atomic mass is 9.98. The van der Waals surface area contributed by atoms with Crippen molar-refractivity contribution < 1.29 is 9.53 Å².